The number of non-ortho nitro benzene ring substituents is 1. The average molecular weight is 453 g/mol. The van der Waals surface area contributed by atoms with Crippen molar-refractivity contribution in [2.75, 3.05) is 0 Å². The Morgan fingerprint density at radius 3 is 2.32 bits per heavy atom. The maximum Gasteiger partial charge on any atom is 0.269 e. The van der Waals surface area contributed by atoms with E-state index in [9.17, 15) is 10.1 Å². The molecule has 28 heavy (non-hydrogen) atoms. The normalized spacial score (nSPS) is 11.0. The monoisotopic (exact) mass is 452 g/mol. The molecule has 6 heteroatoms. The second kappa shape index (κ2) is 8.20. The van der Waals surface area contributed by atoms with Gasteiger partial charge in [-0.05, 0) is 29.3 Å². The van der Waals surface area contributed by atoms with Gasteiger partial charge in [-0.15, -0.1) is 11.8 Å². The minimum atomic E-state index is -0.368. The SMILES string of the molecule is O=[N+]([O-])c1ccc(CSc2cn(Cc3ccc(Br)cc3)c3ccccc23)cc1. The molecule has 0 radical (unpaired) electrons. The second-order valence-electron chi connectivity index (χ2n) is 6.48. The first kappa shape index (κ1) is 18.8. The van der Waals surface area contributed by atoms with Crippen LogP contribution in [0.5, 0.6) is 0 Å². The lowest BCUT2D eigenvalue weighted by molar-refractivity contribution is -0.384. The van der Waals surface area contributed by atoms with Crippen molar-refractivity contribution in [3.05, 3.63) is 105 Å². The van der Waals surface area contributed by atoms with Gasteiger partial charge >= 0.3 is 0 Å². The molecule has 1 aromatic heterocycles. The van der Waals surface area contributed by atoms with Crippen LogP contribution in [0.2, 0.25) is 0 Å². The zero-order chi connectivity index (χ0) is 19.5. The van der Waals surface area contributed by atoms with Gasteiger partial charge in [0.2, 0.25) is 0 Å². The van der Waals surface area contributed by atoms with E-state index in [2.05, 4.69) is 75.2 Å². The van der Waals surface area contributed by atoms with E-state index in [0.29, 0.717) is 0 Å². The highest BCUT2D eigenvalue weighted by atomic mass is 79.9. The molecule has 0 atom stereocenters. The molecule has 0 amide bonds. The number of fused-ring (bicyclic) bond motifs is 1. The van der Waals surface area contributed by atoms with E-state index >= 15 is 0 Å². The van der Waals surface area contributed by atoms with Crippen LogP contribution >= 0.6 is 27.7 Å². The van der Waals surface area contributed by atoms with E-state index in [1.54, 1.807) is 23.9 Å². The van der Waals surface area contributed by atoms with Gasteiger partial charge in [0.25, 0.3) is 5.69 Å². The van der Waals surface area contributed by atoms with Gasteiger partial charge in [0.15, 0.2) is 0 Å². The second-order valence-corrected chi connectivity index (χ2v) is 8.41. The quantitative estimate of drug-likeness (QED) is 0.187. The highest BCUT2D eigenvalue weighted by Crippen LogP contribution is 2.33. The van der Waals surface area contributed by atoms with E-state index in [4.69, 9.17) is 0 Å². The zero-order valence-electron chi connectivity index (χ0n) is 14.9. The fourth-order valence-electron chi connectivity index (χ4n) is 3.12. The fraction of sp³-hybridized carbons (Fsp3) is 0.0909. The lowest BCUT2D eigenvalue weighted by Gasteiger charge is -2.05. The van der Waals surface area contributed by atoms with Crippen molar-refractivity contribution >= 4 is 44.3 Å². The Morgan fingerprint density at radius 1 is 0.929 bits per heavy atom. The molecule has 0 aliphatic heterocycles. The van der Waals surface area contributed by atoms with Crippen molar-refractivity contribution in [3.8, 4) is 0 Å². The van der Waals surface area contributed by atoms with Crippen LogP contribution in [0, 0.1) is 10.1 Å². The highest BCUT2D eigenvalue weighted by Gasteiger charge is 2.10. The number of thioether (sulfide) groups is 1. The summed E-state index contributed by atoms with van der Waals surface area (Å²) < 4.78 is 3.35. The summed E-state index contributed by atoms with van der Waals surface area (Å²) in [4.78, 5) is 11.6. The van der Waals surface area contributed by atoms with E-state index in [1.165, 1.54) is 21.4 Å². The van der Waals surface area contributed by atoms with Gasteiger partial charge in [-0.1, -0.05) is 58.4 Å². The van der Waals surface area contributed by atoms with E-state index in [-0.39, 0.29) is 10.6 Å². The Morgan fingerprint density at radius 2 is 1.61 bits per heavy atom. The van der Waals surface area contributed by atoms with Gasteiger partial charge in [0.1, 0.15) is 0 Å². The molecule has 4 aromatic rings. The Kier molecular flexibility index (Phi) is 5.50. The molecular formula is C22H17BrN2O2S. The number of aromatic nitrogens is 1. The minimum Gasteiger partial charge on any atom is -0.342 e. The molecule has 3 aromatic carbocycles. The Balaban J connectivity index is 1.57. The van der Waals surface area contributed by atoms with Crippen LogP contribution in [0.4, 0.5) is 5.69 Å². The molecule has 0 aliphatic carbocycles. The predicted octanol–water partition coefficient (Wildman–Crippen LogP) is 6.65. The van der Waals surface area contributed by atoms with Crippen molar-refractivity contribution in [2.24, 2.45) is 0 Å². The molecule has 140 valence electrons. The molecule has 4 rings (SSSR count). The number of hydrogen-bond acceptors (Lipinski definition) is 3. The van der Waals surface area contributed by atoms with Gasteiger partial charge in [0, 0.05) is 50.9 Å². The number of halogens is 1. The van der Waals surface area contributed by atoms with Crippen LogP contribution in [-0.4, -0.2) is 9.49 Å². The first-order valence-corrected chi connectivity index (χ1v) is 10.6. The average Bonchev–Trinajstić information content (AvgIpc) is 3.06. The lowest BCUT2D eigenvalue weighted by Crippen LogP contribution is -1.97. The molecule has 0 N–H and O–H groups in total. The predicted molar refractivity (Wildman–Crippen MR) is 118 cm³/mol. The summed E-state index contributed by atoms with van der Waals surface area (Å²) in [6.07, 6.45) is 2.20. The third-order valence-corrected chi connectivity index (χ3v) is 6.20. The summed E-state index contributed by atoms with van der Waals surface area (Å²) in [5.74, 6) is 0.768. The number of rotatable bonds is 6. The molecular weight excluding hydrogens is 436 g/mol. The van der Waals surface area contributed by atoms with Crippen LogP contribution in [0.15, 0.2) is 88.4 Å². The summed E-state index contributed by atoms with van der Waals surface area (Å²) >= 11 is 5.24. The van der Waals surface area contributed by atoms with Gasteiger partial charge in [-0.25, -0.2) is 0 Å². The molecule has 4 nitrogen and oxygen atoms in total. The maximum atomic E-state index is 10.8. The van der Waals surface area contributed by atoms with Gasteiger partial charge in [0.05, 0.1) is 4.92 Å². The zero-order valence-corrected chi connectivity index (χ0v) is 17.3. The third-order valence-electron chi connectivity index (χ3n) is 4.56. The lowest BCUT2D eigenvalue weighted by atomic mass is 10.2. The minimum absolute atomic E-state index is 0.125. The number of benzene rings is 3. The van der Waals surface area contributed by atoms with E-state index < -0.39 is 0 Å². The third kappa shape index (κ3) is 4.13. The molecule has 1 heterocycles. The molecule has 0 fully saturated rings. The van der Waals surface area contributed by atoms with Gasteiger partial charge in [-0.2, -0.15) is 0 Å². The summed E-state index contributed by atoms with van der Waals surface area (Å²) in [5, 5.41) is 12.0. The Hall–Kier alpha value is -2.57. The molecule has 0 spiro atoms. The first-order chi connectivity index (χ1) is 13.6. The van der Waals surface area contributed by atoms with Crippen LogP contribution in [-0.2, 0) is 12.3 Å². The maximum absolute atomic E-state index is 10.8. The number of nitro benzene ring substituents is 1. The number of nitro groups is 1. The van der Waals surface area contributed by atoms with Gasteiger partial charge in [-0.3, -0.25) is 10.1 Å². The van der Waals surface area contributed by atoms with E-state index in [1.807, 2.05) is 12.1 Å². The van der Waals surface area contributed by atoms with Crippen LogP contribution in [0.3, 0.4) is 0 Å². The molecule has 0 unspecified atom stereocenters. The largest absolute Gasteiger partial charge is 0.342 e. The first-order valence-electron chi connectivity index (χ1n) is 8.78. The van der Waals surface area contributed by atoms with Gasteiger partial charge < -0.3 is 4.57 Å². The van der Waals surface area contributed by atoms with E-state index in [0.717, 1.165) is 22.3 Å². The standard InChI is InChI=1S/C22H17BrN2O2S/c23-18-9-5-16(6-10-18)13-24-14-22(20-3-1-2-4-21(20)24)28-15-17-7-11-19(12-8-17)25(26)27/h1-12,14H,13,15H2. The summed E-state index contributed by atoms with van der Waals surface area (Å²) in [6, 6.07) is 23.6. The summed E-state index contributed by atoms with van der Waals surface area (Å²) in [6.45, 7) is 0.811. The van der Waals surface area contributed by atoms with Crippen molar-refractivity contribution in [1.82, 2.24) is 4.57 Å². The Labute approximate surface area is 175 Å². The van der Waals surface area contributed by atoms with Crippen LogP contribution in [0.25, 0.3) is 10.9 Å². The fourth-order valence-corrected chi connectivity index (χ4v) is 4.43. The van der Waals surface area contributed by atoms with Crippen LogP contribution in [0.1, 0.15) is 11.1 Å². The summed E-state index contributed by atoms with van der Waals surface area (Å²) in [7, 11) is 0. The Bertz CT molecular complexity index is 1120. The molecule has 0 aliphatic rings. The topological polar surface area (TPSA) is 48.1 Å². The molecule has 0 saturated carbocycles. The van der Waals surface area contributed by atoms with Crippen molar-refractivity contribution in [2.45, 2.75) is 17.2 Å². The van der Waals surface area contributed by atoms with Crippen LogP contribution < -0.4 is 0 Å². The summed E-state index contributed by atoms with van der Waals surface area (Å²) in [5.41, 5.74) is 3.65. The number of hydrogen-bond donors (Lipinski definition) is 0. The van der Waals surface area contributed by atoms with Crippen molar-refractivity contribution in [3.63, 3.8) is 0 Å². The molecule has 0 bridgehead atoms. The van der Waals surface area contributed by atoms with Crippen molar-refractivity contribution < 1.29 is 4.92 Å². The number of nitrogens with zero attached hydrogens (tertiary/aromatic N) is 2. The van der Waals surface area contributed by atoms with Crippen molar-refractivity contribution in [1.29, 1.82) is 0 Å². The number of para-hydroxylation sites is 1. The smallest absolute Gasteiger partial charge is 0.269 e. The molecule has 0 saturated heterocycles. The highest BCUT2D eigenvalue weighted by molar-refractivity contribution is 9.10.